The monoisotopic (exact) mass is 334 g/mol. The van der Waals surface area contributed by atoms with Gasteiger partial charge in [-0.25, -0.2) is 4.98 Å². The van der Waals surface area contributed by atoms with Crippen LogP contribution in [0.3, 0.4) is 0 Å². The summed E-state index contributed by atoms with van der Waals surface area (Å²) in [5, 5.41) is 0. The quantitative estimate of drug-likeness (QED) is 0.771. The zero-order valence-corrected chi connectivity index (χ0v) is 12.3. The normalized spacial score (nSPS) is 10.0. The van der Waals surface area contributed by atoms with Crippen molar-refractivity contribution >= 4 is 39.9 Å². The van der Waals surface area contributed by atoms with Crippen molar-refractivity contribution in [3.63, 3.8) is 0 Å². The predicted octanol–water partition coefficient (Wildman–Crippen LogP) is 4.05. The molecule has 17 heavy (non-hydrogen) atoms. The second-order valence-electron chi connectivity index (χ2n) is 3.59. The van der Waals surface area contributed by atoms with Crippen LogP contribution in [0.4, 0.5) is 0 Å². The average molecular weight is 336 g/mol. The van der Waals surface area contributed by atoms with E-state index in [0.29, 0.717) is 5.88 Å². The second kappa shape index (κ2) is 7.04. The average Bonchev–Trinajstić information content (AvgIpc) is 2.74. The Morgan fingerprint density at radius 2 is 2.18 bits per heavy atom. The summed E-state index contributed by atoms with van der Waals surface area (Å²) in [6.45, 7) is 0.915. The van der Waals surface area contributed by atoms with Crippen LogP contribution in [0.1, 0.15) is 11.3 Å². The maximum Gasteiger partial charge on any atom is 0.0948 e. The molecular weight excluding hydrogens is 323 g/mol. The van der Waals surface area contributed by atoms with Gasteiger partial charge >= 0.3 is 0 Å². The lowest BCUT2D eigenvalue weighted by atomic mass is 10.1. The number of halogens is 3. The molecule has 2 nitrogen and oxygen atoms in total. The second-order valence-corrected chi connectivity index (χ2v) is 4.77. The van der Waals surface area contributed by atoms with E-state index in [9.17, 15) is 0 Å². The van der Waals surface area contributed by atoms with Gasteiger partial charge in [0.05, 0.1) is 17.9 Å². The Morgan fingerprint density at radius 1 is 1.35 bits per heavy atom. The van der Waals surface area contributed by atoms with E-state index in [-0.39, 0.29) is 12.4 Å². The molecule has 0 aliphatic rings. The third-order valence-corrected chi connectivity index (χ3v) is 3.23. The molecule has 0 atom stereocenters. The first-order valence-corrected chi connectivity index (χ1v) is 6.42. The van der Waals surface area contributed by atoms with Crippen LogP contribution < -0.4 is 0 Å². The minimum Gasteiger partial charge on any atom is -0.333 e. The Bertz CT molecular complexity index is 471. The summed E-state index contributed by atoms with van der Waals surface area (Å²) in [6, 6.07) is 8.35. The summed E-state index contributed by atoms with van der Waals surface area (Å²) in [5.41, 5.74) is 2.38. The van der Waals surface area contributed by atoms with Gasteiger partial charge in [0.15, 0.2) is 0 Å². The van der Waals surface area contributed by atoms with Crippen molar-refractivity contribution in [2.24, 2.45) is 0 Å². The van der Waals surface area contributed by atoms with Gasteiger partial charge in [-0.15, -0.1) is 24.0 Å². The molecule has 0 aliphatic carbocycles. The maximum absolute atomic E-state index is 5.81. The molecule has 0 saturated heterocycles. The fourth-order valence-corrected chi connectivity index (χ4v) is 2.27. The molecule has 0 radical (unpaired) electrons. The molecule has 0 unspecified atom stereocenters. The van der Waals surface area contributed by atoms with Crippen molar-refractivity contribution in [2.75, 3.05) is 0 Å². The highest BCUT2D eigenvalue weighted by Crippen LogP contribution is 2.13. The van der Waals surface area contributed by atoms with Gasteiger partial charge in [-0.1, -0.05) is 28.1 Å². The lowest BCUT2D eigenvalue weighted by molar-refractivity contribution is 0.674. The smallest absolute Gasteiger partial charge is 0.0948 e. The van der Waals surface area contributed by atoms with Crippen LogP contribution in [-0.2, 0) is 18.8 Å². The van der Waals surface area contributed by atoms with Crippen molar-refractivity contribution in [1.29, 1.82) is 0 Å². The summed E-state index contributed by atoms with van der Waals surface area (Å²) in [5.74, 6) is 0.512. The number of alkyl halides is 1. The molecule has 1 aromatic carbocycles. The summed E-state index contributed by atoms with van der Waals surface area (Å²) in [6.07, 6.45) is 4.63. The number of hydrogen-bond donors (Lipinski definition) is 0. The van der Waals surface area contributed by atoms with E-state index in [1.807, 2.05) is 18.6 Å². The molecule has 0 fully saturated rings. The standard InChI is InChI=1S/C12H12BrClN2.ClH/c13-11-3-1-2-10(6-11)4-5-16-9-15-8-12(16)7-14;/h1-3,6,8-9H,4-5,7H2;1H. The van der Waals surface area contributed by atoms with Gasteiger partial charge in [0.1, 0.15) is 0 Å². The van der Waals surface area contributed by atoms with E-state index < -0.39 is 0 Å². The Morgan fingerprint density at radius 3 is 2.88 bits per heavy atom. The minimum absolute atomic E-state index is 0. The first kappa shape index (κ1) is 14.6. The maximum atomic E-state index is 5.81. The Balaban J connectivity index is 0.00000144. The van der Waals surface area contributed by atoms with Gasteiger partial charge < -0.3 is 4.57 Å². The van der Waals surface area contributed by atoms with Crippen molar-refractivity contribution in [1.82, 2.24) is 9.55 Å². The van der Waals surface area contributed by atoms with Gasteiger partial charge in [0.2, 0.25) is 0 Å². The van der Waals surface area contributed by atoms with Gasteiger partial charge in [0.25, 0.3) is 0 Å². The molecular formula is C12H13BrCl2N2. The largest absolute Gasteiger partial charge is 0.333 e. The van der Waals surface area contributed by atoms with Crippen LogP contribution in [0, 0.1) is 0 Å². The highest BCUT2D eigenvalue weighted by atomic mass is 79.9. The summed E-state index contributed by atoms with van der Waals surface area (Å²) < 4.78 is 3.21. The summed E-state index contributed by atoms with van der Waals surface area (Å²) in [7, 11) is 0. The highest BCUT2D eigenvalue weighted by molar-refractivity contribution is 9.10. The van der Waals surface area contributed by atoms with Gasteiger partial charge in [0, 0.05) is 17.2 Å². The Labute approximate surface area is 121 Å². The number of hydrogen-bond acceptors (Lipinski definition) is 1. The van der Waals surface area contributed by atoms with E-state index in [2.05, 4.69) is 43.7 Å². The van der Waals surface area contributed by atoms with Crippen LogP contribution in [0.5, 0.6) is 0 Å². The van der Waals surface area contributed by atoms with Crippen LogP contribution in [0.25, 0.3) is 0 Å². The number of aromatic nitrogens is 2. The van der Waals surface area contributed by atoms with E-state index in [0.717, 1.165) is 23.1 Å². The highest BCUT2D eigenvalue weighted by Gasteiger charge is 2.01. The fraction of sp³-hybridized carbons (Fsp3) is 0.250. The van der Waals surface area contributed by atoms with E-state index in [1.165, 1.54) is 5.56 Å². The molecule has 0 aliphatic heterocycles. The molecule has 0 bridgehead atoms. The number of imidazole rings is 1. The molecule has 0 saturated carbocycles. The third-order valence-electron chi connectivity index (χ3n) is 2.47. The zero-order chi connectivity index (χ0) is 11.4. The van der Waals surface area contributed by atoms with E-state index in [4.69, 9.17) is 11.6 Å². The topological polar surface area (TPSA) is 17.8 Å². The minimum atomic E-state index is 0. The van der Waals surface area contributed by atoms with E-state index >= 15 is 0 Å². The third kappa shape index (κ3) is 4.02. The Hall–Kier alpha value is -0.510. The van der Waals surface area contributed by atoms with Crippen molar-refractivity contribution in [3.8, 4) is 0 Å². The number of aryl methyl sites for hydroxylation is 2. The summed E-state index contributed by atoms with van der Waals surface area (Å²) in [4.78, 5) is 4.09. The predicted molar refractivity (Wildman–Crippen MR) is 76.9 cm³/mol. The van der Waals surface area contributed by atoms with Gasteiger partial charge in [-0.05, 0) is 24.1 Å². The van der Waals surface area contributed by atoms with Crippen LogP contribution in [0.2, 0.25) is 0 Å². The lowest BCUT2D eigenvalue weighted by Crippen LogP contribution is -2.03. The zero-order valence-electron chi connectivity index (χ0n) is 9.14. The molecule has 2 rings (SSSR count). The number of benzene rings is 1. The van der Waals surface area contributed by atoms with Crippen molar-refractivity contribution < 1.29 is 0 Å². The van der Waals surface area contributed by atoms with Gasteiger partial charge in [-0.3, -0.25) is 0 Å². The Kier molecular flexibility index (Phi) is 6.03. The molecule has 1 heterocycles. The number of nitrogens with zero attached hydrogens (tertiary/aromatic N) is 2. The van der Waals surface area contributed by atoms with Gasteiger partial charge in [-0.2, -0.15) is 0 Å². The van der Waals surface area contributed by atoms with Crippen LogP contribution in [-0.4, -0.2) is 9.55 Å². The molecule has 2 aromatic rings. The molecule has 0 spiro atoms. The van der Waals surface area contributed by atoms with Crippen molar-refractivity contribution in [2.45, 2.75) is 18.8 Å². The molecule has 92 valence electrons. The van der Waals surface area contributed by atoms with Crippen LogP contribution in [0.15, 0.2) is 41.3 Å². The lowest BCUT2D eigenvalue weighted by Gasteiger charge is -2.06. The summed E-state index contributed by atoms with van der Waals surface area (Å²) >= 11 is 9.28. The number of rotatable bonds is 4. The first-order chi connectivity index (χ1) is 7.79. The molecule has 1 aromatic heterocycles. The SMILES string of the molecule is Cl.ClCc1cncn1CCc1cccc(Br)c1. The molecule has 5 heteroatoms. The first-order valence-electron chi connectivity index (χ1n) is 5.09. The molecule has 0 N–H and O–H groups in total. The fourth-order valence-electron chi connectivity index (χ4n) is 1.60. The van der Waals surface area contributed by atoms with E-state index in [1.54, 1.807) is 0 Å². The molecule has 0 amide bonds. The van der Waals surface area contributed by atoms with Crippen LogP contribution >= 0.6 is 39.9 Å². The van der Waals surface area contributed by atoms with Crippen molar-refractivity contribution in [3.05, 3.63) is 52.5 Å².